The zero-order valence-electron chi connectivity index (χ0n) is 42.9. The molecule has 4 heteroatoms. The van der Waals surface area contributed by atoms with Crippen molar-refractivity contribution in [1.82, 2.24) is 0 Å². The molecule has 348 valence electrons. The lowest BCUT2D eigenvalue weighted by Crippen LogP contribution is -2.38. The van der Waals surface area contributed by atoms with E-state index in [4.69, 9.17) is 11.4 Å². The summed E-state index contributed by atoms with van der Waals surface area (Å²) >= 11 is -3.54. The van der Waals surface area contributed by atoms with Crippen LogP contribution in [0.3, 0.4) is 0 Å². The molecule has 0 fully saturated rings. The van der Waals surface area contributed by atoms with Crippen LogP contribution in [-0.4, -0.2) is 15.1 Å². The minimum absolute atomic E-state index is 0.760. The van der Waals surface area contributed by atoms with Crippen molar-refractivity contribution in [2.45, 2.75) is 83.1 Å². The first-order valence-corrected chi connectivity index (χ1v) is 25.9. The lowest BCUT2D eigenvalue weighted by atomic mass is 9.87. The number of hydrogen-bond donors (Lipinski definition) is 0. The van der Waals surface area contributed by atoms with Gasteiger partial charge >= 0.3 is 15.1 Å². The Morgan fingerprint density at radius 2 is 0.371 bits per heavy atom. The first-order valence-electron chi connectivity index (χ1n) is 24.5. The van der Waals surface area contributed by atoms with Crippen molar-refractivity contribution in [2.24, 2.45) is 0 Å². The largest absolute Gasteiger partial charge is 1.20 e. The average molecular weight is 931 g/mol. The average Bonchev–Trinajstić information content (AvgIpc) is 3.32. The van der Waals surface area contributed by atoms with Crippen molar-refractivity contribution < 1.29 is 11.4 Å². The normalized spacial score (nSPS) is 11.1. The quantitative estimate of drug-likeness (QED) is 0.114. The van der Waals surface area contributed by atoms with Crippen molar-refractivity contribution in [1.29, 1.82) is 0 Å². The van der Waals surface area contributed by atoms with Gasteiger partial charge in [0, 0.05) is 33.4 Å². The van der Waals surface area contributed by atoms with Crippen LogP contribution in [0.25, 0.3) is 66.8 Å². The van der Waals surface area contributed by atoms with E-state index in [1.165, 1.54) is 0 Å². The van der Waals surface area contributed by atoms with E-state index in [0.717, 1.165) is 151 Å². The van der Waals surface area contributed by atoms with Gasteiger partial charge in [0.25, 0.3) is 0 Å². The second-order valence-corrected chi connectivity index (χ2v) is 20.6. The summed E-state index contributed by atoms with van der Waals surface area (Å²) in [5.74, 6) is 2.28. The van der Waals surface area contributed by atoms with E-state index in [1.807, 2.05) is 0 Å². The van der Waals surface area contributed by atoms with Crippen LogP contribution in [0, 0.1) is 83.1 Å². The SMILES string of the molecule is Cc1ccccc1-c1c(C)cc(C)c(-c2ccccc2C)c1[O][Al]([O]c1c(-c2ccccc2C)c(C)cc(C)c1-c1ccccc1C)[O]c1c(-c2ccccc2C)c(C)cc(C)c1-c1ccccc1C. The van der Waals surface area contributed by atoms with Crippen LogP contribution >= 0.6 is 0 Å². The second-order valence-electron chi connectivity index (χ2n) is 19.3. The van der Waals surface area contributed by atoms with Crippen LogP contribution < -0.4 is 11.4 Å². The topological polar surface area (TPSA) is 27.7 Å². The lowest BCUT2D eigenvalue weighted by Gasteiger charge is -2.29. The van der Waals surface area contributed by atoms with Crippen LogP contribution in [-0.2, 0) is 0 Å². The molecule has 0 amide bonds. The molecule has 0 N–H and O–H groups in total. The van der Waals surface area contributed by atoms with E-state index in [2.05, 4.69) is 247 Å². The summed E-state index contributed by atoms with van der Waals surface area (Å²) in [5.41, 5.74) is 26.5. The molecule has 0 heterocycles. The predicted molar refractivity (Wildman–Crippen MR) is 296 cm³/mol. The molecule has 9 rings (SSSR count). The van der Waals surface area contributed by atoms with Gasteiger partial charge in [-0.25, -0.2) is 0 Å². The fourth-order valence-corrected chi connectivity index (χ4v) is 12.1. The number of rotatable bonds is 12. The van der Waals surface area contributed by atoms with Gasteiger partial charge in [0.15, 0.2) is 0 Å². The van der Waals surface area contributed by atoms with Gasteiger partial charge in [0.05, 0.1) is 0 Å². The van der Waals surface area contributed by atoms with Crippen molar-refractivity contribution in [3.05, 3.63) is 231 Å². The molecule has 3 nitrogen and oxygen atoms in total. The smallest absolute Gasteiger partial charge is 0.576 e. The zero-order chi connectivity index (χ0) is 49.4. The molecule has 9 aromatic rings. The van der Waals surface area contributed by atoms with Crippen LogP contribution in [0.1, 0.15) is 66.8 Å². The Bertz CT molecular complexity index is 2880. The summed E-state index contributed by atoms with van der Waals surface area (Å²) in [5, 5.41) is 0. The summed E-state index contributed by atoms with van der Waals surface area (Å²) in [7, 11) is 0. The van der Waals surface area contributed by atoms with E-state index in [9.17, 15) is 0 Å². The Hall–Kier alpha value is -7.09. The van der Waals surface area contributed by atoms with Gasteiger partial charge < -0.3 is 11.4 Å². The molecule has 0 aliphatic rings. The number of benzene rings is 9. The van der Waals surface area contributed by atoms with E-state index < -0.39 is 15.1 Å². The molecule has 70 heavy (non-hydrogen) atoms. The third-order valence-electron chi connectivity index (χ3n) is 14.2. The highest BCUT2D eigenvalue weighted by atomic mass is 27.3. The first kappa shape index (κ1) is 48.0. The molecule has 0 aliphatic carbocycles. The highest BCUT2D eigenvalue weighted by molar-refractivity contribution is 6.40. The first-order chi connectivity index (χ1) is 33.7. The zero-order valence-corrected chi connectivity index (χ0v) is 44.0. The Morgan fingerprint density at radius 3 is 0.529 bits per heavy atom. The van der Waals surface area contributed by atoms with Gasteiger partial charge in [-0.2, -0.15) is 0 Å². The summed E-state index contributed by atoms with van der Waals surface area (Å²) in [6, 6.07) is 58.7. The van der Waals surface area contributed by atoms with Gasteiger partial charge in [-0.1, -0.05) is 164 Å². The standard InChI is InChI=1S/3C22H22O.Al/c3*1-14-9-5-7-11-18(14)20-16(3)13-17(4)21(22(20)23)19-12-8-6-10-15(19)2;/h3*5-13,23H,1-4H3;/q;;;+3/p-3. The van der Waals surface area contributed by atoms with Gasteiger partial charge in [0.1, 0.15) is 17.2 Å². The summed E-state index contributed by atoms with van der Waals surface area (Å²) in [6.07, 6.45) is 0. The summed E-state index contributed by atoms with van der Waals surface area (Å²) in [4.78, 5) is 0. The number of hydrogen-bond acceptors (Lipinski definition) is 3. The third-order valence-corrected chi connectivity index (χ3v) is 15.4. The van der Waals surface area contributed by atoms with Crippen molar-refractivity contribution in [3.8, 4) is 84.0 Å². The van der Waals surface area contributed by atoms with Crippen LogP contribution in [0.15, 0.2) is 164 Å². The fourth-order valence-electron chi connectivity index (χ4n) is 10.7. The molecule has 0 aromatic heterocycles. The summed E-state index contributed by atoms with van der Waals surface area (Å²) < 4.78 is 24.0. The molecule has 0 bridgehead atoms. The third kappa shape index (κ3) is 9.11. The maximum Gasteiger partial charge on any atom is 1.20 e. The van der Waals surface area contributed by atoms with E-state index >= 15 is 0 Å². The van der Waals surface area contributed by atoms with E-state index in [-0.39, 0.29) is 0 Å². The highest BCUT2D eigenvalue weighted by Gasteiger charge is 2.49. The molecule has 9 aromatic carbocycles. The number of aryl methyl sites for hydroxylation is 12. The van der Waals surface area contributed by atoms with E-state index in [0.29, 0.717) is 0 Å². The van der Waals surface area contributed by atoms with Crippen LogP contribution in [0.5, 0.6) is 17.2 Å². The lowest BCUT2D eigenvalue weighted by molar-refractivity contribution is 0.310. The predicted octanol–water partition coefficient (Wildman–Crippen LogP) is 17.9. The summed E-state index contributed by atoms with van der Waals surface area (Å²) in [6.45, 7) is 26.3. The van der Waals surface area contributed by atoms with Gasteiger partial charge in [-0.05, 0) is 183 Å². The molecule has 0 spiro atoms. The van der Waals surface area contributed by atoms with Gasteiger partial charge in [-0.3, -0.25) is 0 Å². The molecule has 0 unspecified atom stereocenters. The minimum atomic E-state index is -3.54. The maximum atomic E-state index is 8.00. The molecule has 0 atom stereocenters. The molecule has 0 aliphatic heterocycles. The van der Waals surface area contributed by atoms with Gasteiger partial charge in [0.2, 0.25) is 0 Å². The Kier molecular flexibility index (Phi) is 13.8. The molecular formula is C66H63AlO3. The molecule has 0 saturated carbocycles. The molecule has 0 radical (unpaired) electrons. The molecular weight excluding hydrogens is 868 g/mol. The minimum Gasteiger partial charge on any atom is -0.576 e. The van der Waals surface area contributed by atoms with Crippen LogP contribution in [0.4, 0.5) is 0 Å². The van der Waals surface area contributed by atoms with Crippen molar-refractivity contribution in [2.75, 3.05) is 0 Å². The Labute approximate surface area is 421 Å². The second kappa shape index (κ2) is 20.1. The van der Waals surface area contributed by atoms with Crippen molar-refractivity contribution in [3.63, 3.8) is 0 Å². The van der Waals surface area contributed by atoms with Crippen LogP contribution in [0.2, 0.25) is 0 Å². The van der Waals surface area contributed by atoms with E-state index in [1.54, 1.807) is 0 Å². The Balaban J connectivity index is 1.42. The fraction of sp³-hybridized carbons (Fsp3) is 0.182. The van der Waals surface area contributed by atoms with Gasteiger partial charge in [-0.15, -0.1) is 0 Å². The molecule has 0 saturated heterocycles. The Morgan fingerprint density at radius 1 is 0.214 bits per heavy atom. The monoisotopic (exact) mass is 930 g/mol. The van der Waals surface area contributed by atoms with Crippen molar-refractivity contribution >= 4 is 15.1 Å². The highest BCUT2D eigenvalue weighted by Crippen LogP contribution is 2.51. The maximum absolute atomic E-state index is 8.00.